The first-order valence-electron chi connectivity index (χ1n) is 4.82. The van der Waals surface area contributed by atoms with E-state index in [9.17, 15) is 4.39 Å². The van der Waals surface area contributed by atoms with Gasteiger partial charge in [-0.1, -0.05) is 6.07 Å². The third-order valence-electron chi connectivity index (χ3n) is 2.02. The summed E-state index contributed by atoms with van der Waals surface area (Å²) < 4.78 is 18.8. The molecule has 2 N–H and O–H groups in total. The minimum Gasteiger partial charge on any atom is -0.493 e. The predicted octanol–water partition coefficient (Wildman–Crippen LogP) is 2.59. The number of hydrogen-bond donors (Lipinski definition) is 1. The van der Waals surface area contributed by atoms with E-state index in [1.165, 1.54) is 6.07 Å². The molecule has 0 aliphatic rings. The Morgan fingerprint density at radius 1 is 1.53 bits per heavy atom. The number of ether oxygens (including phenoxy) is 1. The molecule has 1 rings (SSSR count). The maximum atomic E-state index is 13.4. The van der Waals surface area contributed by atoms with Crippen molar-refractivity contribution in [3.05, 3.63) is 29.6 Å². The molecule has 1 atom stereocenters. The number of rotatable bonds is 5. The van der Waals surface area contributed by atoms with Gasteiger partial charge in [0.2, 0.25) is 0 Å². The highest BCUT2D eigenvalue weighted by Gasteiger charge is 2.07. The van der Waals surface area contributed by atoms with Crippen molar-refractivity contribution in [3.63, 3.8) is 0 Å². The van der Waals surface area contributed by atoms with Crippen molar-refractivity contribution in [2.24, 2.45) is 5.73 Å². The average molecular weight is 229 g/mol. The summed E-state index contributed by atoms with van der Waals surface area (Å²) in [6, 6.07) is 4.53. The van der Waals surface area contributed by atoms with Crippen molar-refractivity contribution in [2.75, 3.05) is 18.6 Å². The molecule has 0 saturated heterocycles. The summed E-state index contributed by atoms with van der Waals surface area (Å²) in [6.45, 7) is 2.35. The van der Waals surface area contributed by atoms with Gasteiger partial charge in [0.25, 0.3) is 0 Å². The molecule has 1 aromatic carbocycles. The molecule has 0 radical (unpaired) electrons. The van der Waals surface area contributed by atoms with E-state index < -0.39 is 0 Å². The molecule has 84 valence electrons. The van der Waals surface area contributed by atoms with Crippen LogP contribution >= 0.6 is 11.8 Å². The zero-order valence-corrected chi connectivity index (χ0v) is 9.81. The SMILES string of the molecule is CSCCOc1ccc([C@@H](C)N)c(F)c1. The second kappa shape index (κ2) is 5.98. The third kappa shape index (κ3) is 3.72. The highest BCUT2D eigenvalue weighted by molar-refractivity contribution is 7.98. The van der Waals surface area contributed by atoms with Crippen molar-refractivity contribution in [1.82, 2.24) is 0 Å². The fourth-order valence-corrected chi connectivity index (χ4v) is 1.46. The summed E-state index contributed by atoms with van der Waals surface area (Å²) in [5.41, 5.74) is 6.12. The van der Waals surface area contributed by atoms with Crippen molar-refractivity contribution in [3.8, 4) is 5.75 Å². The minimum atomic E-state index is -0.299. The van der Waals surface area contributed by atoms with E-state index in [4.69, 9.17) is 10.5 Å². The average Bonchev–Trinajstić information content (AvgIpc) is 2.17. The Morgan fingerprint density at radius 3 is 2.80 bits per heavy atom. The van der Waals surface area contributed by atoms with Crippen LogP contribution in [0.15, 0.2) is 18.2 Å². The monoisotopic (exact) mass is 229 g/mol. The predicted molar refractivity (Wildman–Crippen MR) is 62.9 cm³/mol. The molecule has 2 nitrogen and oxygen atoms in total. The first-order chi connectivity index (χ1) is 7.15. The fourth-order valence-electron chi connectivity index (χ4n) is 1.21. The van der Waals surface area contributed by atoms with Gasteiger partial charge in [0, 0.05) is 23.4 Å². The Hall–Kier alpha value is -0.740. The lowest BCUT2D eigenvalue weighted by molar-refractivity contribution is 0.341. The van der Waals surface area contributed by atoms with Crippen LogP contribution in [0.3, 0.4) is 0 Å². The number of hydrogen-bond acceptors (Lipinski definition) is 3. The number of nitrogens with two attached hydrogens (primary N) is 1. The van der Waals surface area contributed by atoms with E-state index in [1.54, 1.807) is 30.8 Å². The van der Waals surface area contributed by atoms with Crippen molar-refractivity contribution in [2.45, 2.75) is 13.0 Å². The van der Waals surface area contributed by atoms with Crippen LogP contribution in [0, 0.1) is 5.82 Å². The molecule has 0 spiro atoms. The van der Waals surface area contributed by atoms with Crippen LogP contribution in [0.2, 0.25) is 0 Å². The number of thioether (sulfide) groups is 1. The van der Waals surface area contributed by atoms with E-state index >= 15 is 0 Å². The molecular formula is C11H16FNOS. The Labute approximate surface area is 94.0 Å². The lowest BCUT2D eigenvalue weighted by Gasteiger charge is -2.09. The summed E-state index contributed by atoms with van der Waals surface area (Å²) in [5.74, 6) is 1.16. The second-order valence-corrected chi connectivity index (χ2v) is 4.30. The van der Waals surface area contributed by atoms with Crippen LogP contribution in [0.4, 0.5) is 4.39 Å². The zero-order valence-electron chi connectivity index (χ0n) is 9.00. The van der Waals surface area contributed by atoms with Crippen molar-refractivity contribution in [1.29, 1.82) is 0 Å². The van der Waals surface area contributed by atoms with Gasteiger partial charge in [-0.15, -0.1) is 0 Å². The zero-order chi connectivity index (χ0) is 11.3. The maximum Gasteiger partial charge on any atom is 0.131 e. The maximum absolute atomic E-state index is 13.4. The Balaban J connectivity index is 2.65. The van der Waals surface area contributed by atoms with Gasteiger partial charge in [0.05, 0.1) is 6.61 Å². The summed E-state index contributed by atoms with van der Waals surface area (Å²) in [4.78, 5) is 0. The minimum absolute atomic E-state index is 0.287. The van der Waals surface area contributed by atoms with Crippen LogP contribution in [-0.4, -0.2) is 18.6 Å². The summed E-state index contributed by atoms with van der Waals surface area (Å²) in [5, 5.41) is 0. The van der Waals surface area contributed by atoms with Gasteiger partial charge >= 0.3 is 0 Å². The number of halogens is 1. The van der Waals surface area contributed by atoms with Crippen molar-refractivity contribution < 1.29 is 9.13 Å². The van der Waals surface area contributed by atoms with Crippen LogP contribution in [0.25, 0.3) is 0 Å². The lowest BCUT2D eigenvalue weighted by atomic mass is 10.1. The van der Waals surface area contributed by atoms with Gasteiger partial charge in [-0.3, -0.25) is 0 Å². The normalized spacial score (nSPS) is 12.5. The standard InChI is InChI=1S/C11H16FNOS/c1-8(13)10-4-3-9(7-11(10)12)14-5-6-15-2/h3-4,7-8H,5-6,13H2,1-2H3/t8-/m1/s1. The molecule has 0 unspecified atom stereocenters. The fraction of sp³-hybridized carbons (Fsp3) is 0.455. The van der Waals surface area contributed by atoms with E-state index in [0.29, 0.717) is 17.9 Å². The molecule has 0 fully saturated rings. The van der Waals surface area contributed by atoms with Crippen LogP contribution < -0.4 is 10.5 Å². The summed E-state index contributed by atoms with van der Waals surface area (Å²) in [6.07, 6.45) is 2.00. The molecular weight excluding hydrogens is 213 g/mol. The Bertz CT molecular complexity index is 317. The number of benzene rings is 1. The van der Waals surface area contributed by atoms with E-state index in [-0.39, 0.29) is 11.9 Å². The molecule has 0 bridgehead atoms. The second-order valence-electron chi connectivity index (χ2n) is 3.31. The van der Waals surface area contributed by atoms with Crippen LogP contribution in [0.1, 0.15) is 18.5 Å². The largest absolute Gasteiger partial charge is 0.493 e. The Morgan fingerprint density at radius 2 is 2.27 bits per heavy atom. The first kappa shape index (κ1) is 12.3. The van der Waals surface area contributed by atoms with Gasteiger partial charge in [-0.25, -0.2) is 4.39 Å². The van der Waals surface area contributed by atoms with Gasteiger partial charge in [-0.2, -0.15) is 11.8 Å². The van der Waals surface area contributed by atoms with Gasteiger partial charge in [-0.05, 0) is 19.2 Å². The topological polar surface area (TPSA) is 35.2 Å². The molecule has 15 heavy (non-hydrogen) atoms. The molecule has 4 heteroatoms. The smallest absolute Gasteiger partial charge is 0.131 e. The molecule has 1 aromatic rings. The van der Waals surface area contributed by atoms with Gasteiger partial charge < -0.3 is 10.5 Å². The molecule has 0 aliphatic carbocycles. The molecule has 0 aliphatic heterocycles. The lowest BCUT2D eigenvalue weighted by Crippen LogP contribution is -2.08. The van der Waals surface area contributed by atoms with E-state index in [0.717, 1.165) is 5.75 Å². The highest BCUT2D eigenvalue weighted by atomic mass is 32.2. The summed E-state index contributed by atoms with van der Waals surface area (Å²) >= 11 is 1.69. The van der Waals surface area contributed by atoms with Crippen molar-refractivity contribution >= 4 is 11.8 Å². The van der Waals surface area contributed by atoms with Gasteiger partial charge in [0.15, 0.2) is 0 Å². The Kier molecular flexibility index (Phi) is 4.91. The van der Waals surface area contributed by atoms with Gasteiger partial charge in [0.1, 0.15) is 11.6 Å². The molecule has 0 heterocycles. The van der Waals surface area contributed by atoms with E-state index in [1.807, 2.05) is 6.26 Å². The quantitative estimate of drug-likeness (QED) is 0.788. The third-order valence-corrected chi connectivity index (χ3v) is 2.59. The molecule has 0 aromatic heterocycles. The van der Waals surface area contributed by atoms with E-state index in [2.05, 4.69) is 0 Å². The molecule has 0 saturated carbocycles. The summed E-state index contributed by atoms with van der Waals surface area (Å²) in [7, 11) is 0. The van der Waals surface area contributed by atoms with Crippen LogP contribution in [-0.2, 0) is 0 Å². The highest BCUT2D eigenvalue weighted by Crippen LogP contribution is 2.20. The first-order valence-corrected chi connectivity index (χ1v) is 6.21. The van der Waals surface area contributed by atoms with Crippen LogP contribution in [0.5, 0.6) is 5.75 Å². The molecule has 0 amide bonds.